The van der Waals surface area contributed by atoms with Crippen molar-refractivity contribution in [3.63, 3.8) is 0 Å². The van der Waals surface area contributed by atoms with E-state index < -0.39 is 0 Å². The van der Waals surface area contributed by atoms with Gasteiger partial charge in [-0.25, -0.2) is 0 Å². The molecule has 0 aliphatic rings. The van der Waals surface area contributed by atoms with Crippen LogP contribution in [0.5, 0.6) is 0 Å². The molecule has 7 aromatic carbocycles. The molecule has 0 amide bonds. The molecule has 0 radical (unpaired) electrons. The number of aromatic nitrogens is 1. The van der Waals surface area contributed by atoms with Crippen LogP contribution in [0.25, 0.3) is 77.0 Å². The smallest absolute Gasteiger partial charge is 0.0714 e. The Labute approximate surface area is 245 Å². The summed E-state index contributed by atoms with van der Waals surface area (Å²) in [5.74, 6) is 0. The minimum absolute atomic E-state index is 0.966. The van der Waals surface area contributed by atoms with Gasteiger partial charge in [0.05, 0.1) is 5.69 Å². The summed E-state index contributed by atoms with van der Waals surface area (Å²) in [5, 5.41) is 7.61. The van der Waals surface area contributed by atoms with Crippen molar-refractivity contribution in [2.45, 2.75) is 0 Å². The Bertz CT molecular complexity index is 2180. The minimum Gasteiger partial charge on any atom is -0.256 e. The van der Waals surface area contributed by atoms with Gasteiger partial charge in [0.25, 0.3) is 0 Å². The van der Waals surface area contributed by atoms with E-state index in [1.54, 1.807) is 0 Å². The molecule has 0 unspecified atom stereocenters. The molecular formula is C41H27N. The van der Waals surface area contributed by atoms with Gasteiger partial charge in [0, 0.05) is 11.8 Å². The minimum atomic E-state index is 0.966. The number of hydrogen-bond donors (Lipinski definition) is 0. The highest BCUT2D eigenvalue weighted by atomic mass is 14.7. The van der Waals surface area contributed by atoms with E-state index in [1.807, 2.05) is 12.3 Å². The Morgan fingerprint density at radius 3 is 1.43 bits per heavy atom. The van der Waals surface area contributed by atoms with Gasteiger partial charge in [0.15, 0.2) is 0 Å². The average Bonchev–Trinajstić information content (AvgIpc) is 3.08. The highest BCUT2D eigenvalue weighted by Gasteiger charge is 2.22. The van der Waals surface area contributed by atoms with E-state index in [9.17, 15) is 0 Å². The maximum Gasteiger partial charge on any atom is 0.0714 e. The third-order valence-electron chi connectivity index (χ3n) is 8.33. The van der Waals surface area contributed by atoms with Crippen LogP contribution in [-0.2, 0) is 0 Å². The Hall–Kier alpha value is -5.53. The molecule has 1 heteroatoms. The Morgan fingerprint density at radius 1 is 0.310 bits per heavy atom. The number of hydrogen-bond acceptors (Lipinski definition) is 1. The molecule has 0 N–H and O–H groups in total. The molecule has 42 heavy (non-hydrogen) atoms. The number of rotatable bonds is 4. The van der Waals surface area contributed by atoms with Gasteiger partial charge in [-0.3, -0.25) is 4.98 Å². The molecule has 8 rings (SSSR count). The van der Waals surface area contributed by atoms with Crippen LogP contribution in [0.3, 0.4) is 0 Å². The first-order valence-corrected chi connectivity index (χ1v) is 14.4. The molecule has 1 nitrogen and oxygen atoms in total. The highest BCUT2D eigenvalue weighted by molar-refractivity contribution is 6.30. The van der Waals surface area contributed by atoms with Gasteiger partial charge >= 0.3 is 0 Å². The fraction of sp³-hybridized carbons (Fsp3) is 0. The third-order valence-corrected chi connectivity index (χ3v) is 8.33. The lowest BCUT2D eigenvalue weighted by Crippen LogP contribution is -1.96. The van der Waals surface area contributed by atoms with E-state index in [0.29, 0.717) is 0 Å². The molecule has 0 bridgehead atoms. The number of nitrogens with zero attached hydrogens (tertiary/aromatic N) is 1. The van der Waals surface area contributed by atoms with Crippen molar-refractivity contribution in [3.8, 4) is 44.6 Å². The van der Waals surface area contributed by atoms with Crippen molar-refractivity contribution in [2.75, 3.05) is 0 Å². The molecule has 196 valence electrons. The lowest BCUT2D eigenvalue weighted by atomic mass is 9.81. The fourth-order valence-corrected chi connectivity index (χ4v) is 6.54. The molecule has 8 aromatic rings. The molecule has 0 atom stereocenters. The second-order valence-corrected chi connectivity index (χ2v) is 10.7. The lowest BCUT2D eigenvalue weighted by molar-refractivity contribution is 1.33. The first-order chi connectivity index (χ1) is 20.9. The topological polar surface area (TPSA) is 12.9 Å². The predicted octanol–water partition coefficient (Wildman–Crippen LogP) is 11.2. The van der Waals surface area contributed by atoms with Crippen LogP contribution in [0.15, 0.2) is 164 Å². The Balaban J connectivity index is 1.61. The monoisotopic (exact) mass is 533 g/mol. The van der Waals surface area contributed by atoms with Crippen molar-refractivity contribution < 1.29 is 0 Å². The van der Waals surface area contributed by atoms with Crippen LogP contribution in [0.2, 0.25) is 0 Å². The SMILES string of the molecule is c1ccc(-c2cccc(-c3c(-c4ccccc4)ccc4c5ccccc5c5ccccc5c34)c2-c2ccccn2)cc1. The molecule has 0 aliphatic heterocycles. The van der Waals surface area contributed by atoms with Gasteiger partial charge in [-0.15, -0.1) is 0 Å². The first-order valence-electron chi connectivity index (χ1n) is 14.4. The van der Waals surface area contributed by atoms with Gasteiger partial charge < -0.3 is 0 Å². The van der Waals surface area contributed by atoms with E-state index in [0.717, 1.165) is 11.3 Å². The summed E-state index contributed by atoms with van der Waals surface area (Å²) in [6, 6.07) is 56.6. The molecular weight excluding hydrogens is 506 g/mol. The van der Waals surface area contributed by atoms with Crippen molar-refractivity contribution in [1.82, 2.24) is 4.98 Å². The van der Waals surface area contributed by atoms with E-state index in [2.05, 4.69) is 152 Å². The lowest BCUT2D eigenvalue weighted by Gasteiger charge is -2.22. The summed E-state index contributed by atoms with van der Waals surface area (Å²) in [6.07, 6.45) is 1.89. The highest BCUT2D eigenvalue weighted by Crippen LogP contribution is 2.48. The van der Waals surface area contributed by atoms with E-state index in [1.165, 1.54) is 65.7 Å². The van der Waals surface area contributed by atoms with Crippen LogP contribution in [-0.4, -0.2) is 4.98 Å². The summed E-state index contributed by atoms with van der Waals surface area (Å²) >= 11 is 0. The van der Waals surface area contributed by atoms with E-state index in [-0.39, 0.29) is 0 Å². The molecule has 0 saturated carbocycles. The Kier molecular flexibility index (Phi) is 5.86. The largest absolute Gasteiger partial charge is 0.256 e. The molecule has 0 spiro atoms. The maximum atomic E-state index is 4.92. The van der Waals surface area contributed by atoms with Crippen LogP contribution in [0.1, 0.15) is 0 Å². The van der Waals surface area contributed by atoms with Crippen molar-refractivity contribution >= 4 is 32.3 Å². The zero-order valence-corrected chi connectivity index (χ0v) is 23.0. The second kappa shape index (κ2) is 10.1. The van der Waals surface area contributed by atoms with Gasteiger partial charge in [-0.1, -0.05) is 146 Å². The van der Waals surface area contributed by atoms with E-state index in [4.69, 9.17) is 4.98 Å². The third kappa shape index (κ3) is 3.90. The first kappa shape index (κ1) is 24.3. The standard InChI is InChI=1S/C41H27N/c1-3-14-28(15-4-1)30-22-13-23-37(39(30)38-24-11-12-27-42-38)40-31(29-16-5-2-6-17-29)25-26-36-34-20-8-7-18-32(34)33-19-9-10-21-35(33)41(36)40/h1-27H. The fourth-order valence-electron chi connectivity index (χ4n) is 6.54. The van der Waals surface area contributed by atoms with Crippen LogP contribution in [0, 0.1) is 0 Å². The Morgan fingerprint density at radius 2 is 0.810 bits per heavy atom. The van der Waals surface area contributed by atoms with Gasteiger partial charge in [0.1, 0.15) is 0 Å². The molecule has 1 heterocycles. The van der Waals surface area contributed by atoms with Crippen molar-refractivity contribution in [1.29, 1.82) is 0 Å². The maximum absolute atomic E-state index is 4.92. The molecule has 1 aromatic heterocycles. The van der Waals surface area contributed by atoms with E-state index >= 15 is 0 Å². The summed E-state index contributed by atoms with van der Waals surface area (Å²) < 4.78 is 0. The average molecular weight is 534 g/mol. The molecule has 0 saturated heterocycles. The van der Waals surface area contributed by atoms with Crippen LogP contribution < -0.4 is 0 Å². The number of pyridine rings is 1. The van der Waals surface area contributed by atoms with Crippen molar-refractivity contribution in [2.24, 2.45) is 0 Å². The van der Waals surface area contributed by atoms with Crippen molar-refractivity contribution in [3.05, 3.63) is 164 Å². The van der Waals surface area contributed by atoms with Crippen LogP contribution in [0.4, 0.5) is 0 Å². The quantitative estimate of drug-likeness (QED) is 0.205. The zero-order chi connectivity index (χ0) is 27.9. The summed E-state index contributed by atoms with van der Waals surface area (Å²) in [5.41, 5.74) is 9.29. The summed E-state index contributed by atoms with van der Waals surface area (Å²) in [6.45, 7) is 0. The molecule has 0 aliphatic carbocycles. The van der Waals surface area contributed by atoms with Crippen LogP contribution >= 0.6 is 0 Å². The molecule has 0 fully saturated rings. The summed E-state index contributed by atoms with van der Waals surface area (Å²) in [4.78, 5) is 4.92. The van der Waals surface area contributed by atoms with Gasteiger partial charge in [-0.2, -0.15) is 0 Å². The van der Waals surface area contributed by atoms with Gasteiger partial charge in [-0.05, 0) is 77.8 Å². The number of benzene rings is 7. The normalized spacial score (nSPS) is 11.3. The number of fused-ring (bicyclic) bond motifs is 6. The second-order valence-electron chi connectivity index (χ2n) is 10.7. The summed E-state index contributed by atoms with van der Waals surface area (Å²) in [7, 11) is 0. The zero-order valence-electron chi connectivity index (χ0n) is 23.0. The van der Waals surface area contributed by atoms with Gasteiger partial charge in [0.2, 0.25) is 0 Å². The predicted molar refractivity (Wildman–Crippen MR) is 178 cm³/mol.